The number of carbonyl (C=O) groups is 1. The first kappa shape index (κ1) is 19.5. The molecule has 0 saturated heterocycles. The van der Waals surface area contributed by atoms with Crippen LogP contribution in [0.15, 0.2) is 40.4 Å². The molecule has 144 valence electrons. The first-order valence-corrected chi connectivity index (χ1v) is 10.8. The Kier molecular flexibility index (Phi) is 4.88. The summed E-state index contributed by atoms with van der Waals surface area (Å²) in [5.41, 5.74) is 12.6. The third kappa shape index (κ3) is 3.21. The van der Waals surface area contributed by atoms with Crippen molar-refractivity contribution in [3.05, 3.63) is 41.6 Å². The van der Waals surface area contributed by atoms with E-state index in [1.54, 1.807) is 6.26 Å². The van der Waals surface area contributed by atoms with Crippen molar-refractivity contribution in [3.8, 4) is 11.8 Å². The van der Waals surface area contributed by atoms with E-state index in [1.165, 1.54) is 46.9 Å². The molecule has 0 aliphatic heterocycles. The van der Waals surface area contributed by atoms with Crippen LogP contribution in [0.4, 0.5) is 11.6 Å². The number of nitrogens with two attached hydrogens (primary N) is 2. The molecule has 0 fully saturated rings. The number of anilines is 2. The van der Waals surface area contributed by atoms with Gasteiger partial charge in [-0.1, -0.05) is 0 Å². The molecule has 3 aromatic rings. The summed E-state index contributed by atoms with van der Waals surface area (Å²) in [7, 11) is -3.34. The number of benzene rings is 1. The van der Waals surface area contributed by atoms with Gasteiger partial charge in [-0.3, -0.25) is 4.79 Å². The first-order chi connectivity index (χ1) is 13.2. The maximum atomic E-state index is 12.8. The second-order valence-electron chi connectivity index (χ2n) is 5.72. The maximum absolute atomic E-state index is 12.8. The van der Waals surface area contributed by atoms with E-state index in [1.807, 2.05) is 6.07 Å². The average Bonchev–Trinajstić information content (AvgIpc) is 3.20. The topological polar surface area (TPSA) is 163 Å². The van der Waals surface area contributed by atoms with Crippen LogP contribution in [0, 0.1) is 11.3 Å². The third-order valence-electron chi connectivity index (χ3n) is 3.93. The monoisotopic (exact) mass is 417 g/mol. The minimum atomic E-state index is -3.34. The zero-order valence-corrected chi connectivity index (χ0v) is 16.5. The van der Waals surface area contributed by atoms with Crippen molar-refractivity contribution in [2.75, 3.05) is 24.0 Å². The zero-order valence-electron chi connectivity index (χ0n) is 14.8. The highest BCUT2D eigenvalue weighted by atomic mass is 32.2. The van der Waals surface area contributed by atoms with Gasteiger partial charge in [0.2, 0.25) is 0 Å². The number of nitriles is 1. The van der Waals surface area contributed by atoms with Crippen LogP contribution in [-0.2, 0) is 9.84 Å². The average molecular weight is 417 g/mol. The molecule has 0 spiro atoms. The quantitative estimate of drug-likeness (QED) is 0.587. The number of rotatable bonds is 4. The van der Waals surface area contributed by atoms with Gasteiger partial charge >= 0.3 is 0 Å². The van der Waals surface area contributed by atoms with E-state index in [9.17, 15) is 18.5 Å². The number of aromatic nitrogens is 4. The van der Waals surface area contributed by atoms with Crippen LogP contribution in [0.3, 0.4) is 0 Å². The Hall–Kier alpha value is -3.30. The molecule has 0 atom stereocenters. The zero-order chi connectivity index (χ0) is 20.6. The second-order valence-corrected chi connectivity index (χ2v) is 8.53. The van der Waals surface area contributed by atoms with E-state index >= 15 is 0 Å². The molecule has 4 N–H and O–H groups in total. The van der Waals surface area contributed by atoms with Gasteiger partial charge in [-0.2, -0.15) is 20.1 Å². The maximum Gasteiger partial charge on any atom is 0.285 e. The van der Waals surface area contributed by atoms with Crippen molar-refractivity contribution in [1.82, 2.24) is 19.6 Å². The minimum absolute atomic E-state index is 0.0243. The number of nitrogen functional groups attached to an aromatic ring is 2. The number of carbonyl (C=O) groups excluding carboxylic acids is 1. The number of hydrogen-bond donors (Lipinski definition) is 2. The number of nitrogens with zero attached hydrogens (tertiary/aromatic N) is 5. The van der Waals surface area contributed by atoms with Gasteiger partial charge in [0.1, 0.15) is 33.9 Å². The van der Waals surface area contributed by atoms with Crippen molar-refractivity contribution >= 4 is 39.1 Å². The molecule has 2 heterocycles. The molecule has 12 heteroatoms. The van der Waals surface area contributed by atoms with Crippen LogP contribution in [0.25, 0.3) is 5.69 Å². The summed E-state index contributed by atoms with van der Waals surface area (Å²) in [6.07, 6.45) is 4.08. The molecular weight excluding hydrogens is 402 g/mol. The van der Waals surface area contributed by atoms with Gasteiger partial charge in [0.25, 0.3) is 5.91 Å². The van der Waals surface area contributed by atoms with Gasteiger partial charge in [0, 0.05) is 6.26 Å². The largest absolute Gasteiger partial charge is 0.383 e. The molecule has 0 aliphatic carbocycles. The third-order valence-corrected chi connectivity index (χ3v) is 5.73. The Morgan fingerprint density at radius 3 is 2.36 bits per heavy atom. The molecule has 0 unspecified atom stereocenters. The predicted octanol–water partition coefficient (Wildman–Crippen LogP) is 0.919. The molecule has 28 heavy (non-hydrogen) atoms. The second kappa shape index (κ2) is 7.02. The lowest BCUT2D eigenvalue weighted by Crippen LogP contribution is -2.17. The summed E-state index contributed by atoms with van der Waals surface area (Å²) in [6.45, 7) is 0. The molecule has 10 nitrogen and oxygen atoms in total. The Morgan fingerprint density at radius 2 is 1.86 bits per heavy atom. The van der Waals surface area contributed by atoms with Crippen molar-refractivity contribution < 1.29 is 13.2 Å². The summed E-state index contributed by atoms with van der Waals surface area (Å²) < 4.78 is 25.3. The van der Waals surface area contributed by atoms with Crippen LogP contribution >= 0.6 is 11.8 Å². The Morgan fingerprint density at radius 1 is 1.21 bits per heavy atom. The van der Waals surface area contributed by atoms with E-state index in [2.05, 4.69) is 10.2 Å². The van der Waals surface area contributed by atoms with Gasteiger partial charge in [0.05, 0.1) is 16.8 Å². The normalized spacial score (nSPS) is 11.3. The fourth-order valence-corrected chi connectivity index (χ4v) is 3.64. The summed E-state index contributed by atoms with van der Waals surface area (Å²) in [5.74, 6) is -0.691. The van der Waals surface area contributed by atoms with Crippen LogP contribution in [0.5, 0.6) is 0 Å². The molecule has 3 rings (SSSR count). The fourth-order valence-electron chi connectivity index (χ4n) is 2.49. The first-order valence-electron chi connectivity index (χ1n) is 7.70. The van der Waals surface area contributed by atoms with Crippen LogP contribution in [0.1, 0.15) is 15.9 Å². The van der Waals surface area contributed by atoms with Gasteiger partial charge in [0.15, 0.2) is 9.84 Å². The summed E-state index contributed by atoms with van der Waals surface area (Å²) in [4.78, 5) is 13.0. The van der Waals surface area contributed by atoms with Gasteiger partial charge in [-0.25, -0.2) is 13.1 Å². The van der Waals surface area contributed by atoms with Crippen molar-refractivity contribution in [2.45, 2.75) is 9.92 Å². The minimum Gasteiger partial charge on any atom is -0.383 e. The predicted molar refractivity (Wildman–Crippen MR) is 104 cm³/mol. The van der Waals surface area contributed by atoms with Crippen molar-refractivity contribution in [3.63, 3.8) is 0 Å². The number of sulfone groups is 1. The lowest BCUT2D eigenvalue weighted by Gasteiger charge is -2.06. The van der Waals surface area contributed by atoms with E-state index in [0.29, 0.717) is 10.7 Å². The summed E-state index contributed by atoms with van der Waals surface area (Å²) in [6, 6.07) is 7.81. The van der Waals surface area contributed by atoms with Crippen LogP contribution in [0.2, 0.25) is 0 Å². The highest BCUT2D eigenvalue weighted by Crippen LogP contribution is 2.26. The van der Waals surface area contributed by atoms with E-state index in [4.69, 9.17) is 11.5 Å². The van der Waals surface area contributed by atoms with Gasteiger partial charge in [-0.15, -0.1) is 11.8 Å². The van der Waals surface area contributed by atoms with Crippen LogP contribution < -0.4 is 11.5 Å². The standard InChI is InChI=1S/C16H15N7O3S2/c1-27-15-11(7-17)13(18)23(21-15)16(24)12-8-20-22(14(12)19)9-3-5-10(6-4-9)28(2,25)26/h3-6,8H,18-19H2,1-2H3. The number of thioether (sulfide) groups is 1. The molecule has 0 aliphatic rings. The van der Waals surface area contributed by atoms with Crippen LogP contribution in [-0.4, -0.2) is 46.4 Å². The smallest absolute Gasteiger partial charge is 0.285 e. The van der Waals surface area contributed by atoms with E-state index < -0.39 is 15.7 Å². The highest BCUT2D eigenvalue weighted by Gasteiger charge is 2.24. The van der Waals surface area contributed by atoms with Crippen molar-refractivity contribution in [1.29, 1.82) is 5.26 Å². The molecule has 2 aromatic heterocycles. The number of hydrogen-bond acceptors (Lipinski definition) is 9. The molecule has 0 saturated carbocycles. The Balaban J connectivity index is 2.01. The van der Waals surface area contributed by atoms with Gasteiger partial charge in [-0.05, 0) is 30.5 Å². The lowest BCUT2D eigenvalue weighted by atomic mass is 10.3. The highest BCUT2D eigenvalue weighted by molar-refractivity contribution is 7.98. The fraction of sp³-hybridized carbons (Fsp3) is 0.125. The summed E-state index contributed by atoms with van der Waals surface area (Å²) in [5, 5.41) is 17.7. The van der Waals surface area contributed by atoms with Crippen molar-refractivity contribution in [2.24, 2.45) is 0 Å². The molecule has 0 amide bonds. The summed E-state index contributed by atoms with van der Waals surface area (Å²) >= 11 is 1.19. The molecule has 1 aromatic carbocycles. The SMILES string of the molecule is CSc1nn(C(=O)c2cnn(-c3ccc(S(C)(=O)=O)cc3)c2N)c(N)c1C#N. The molecule has 0 radical (unpaired) electrons. The van der Waals surface area contributed by atoms with Gasteiger partial charge < -0.3 is 11.5 Å². The Bertz CT molecular complexity index is 1220. The van der Waals surface area contributed by atoms with E-state index in [-0.39, 0.29) is 27.7 Å². The lowest BCUT2D eigenvalue weighted by molar-refractivity contribution is 0.0947. The molecule has 0 bridgehead atoms. The molecular formula is C16H15N7O3S2. The van der Waals surface area contributed by atoms with E-state index in [0.717, 1.165) is 10.9 Å². The Labute approximate surface area is 164 Å².